The molecule has 2 fully saturated rings. The van der Waals surface area contributed by atoms with Gasteiger partial charge in [0.25, 0.3) is 0 Å². The number of nitrogens with one attached hydrogen (secondary N) is 2. The molecule has 176 valence electrons. The summed E-state index contributed by atoms with van der Waals surface area (Å²) in [6.07, 6.45) is 3.82. The lowest BCUT2D eigenvalue weighted by Crippen LogP contribution is -2.46. The third kappa shape index (κ3) is 6.33. The summed E-state index contributed by atoms with van der Waals surface area (Å²) in [6.45, 7) is 11.5. The van der Waals surface area contributed by atoms with Gasteiger partial charge in [-0.2, -0.15) is 0 Å². The van der Waals surface area contributed by atoms with Gasteiger partial charge in [-0.3, -0.25) is 0 Å². The molecule has 0 spiro atoms. The summed E-state index contributed by atoms with van der Waals surface area (Å²) in [5.74, 6) is 0.231. The minimum absolute atomic E-state index is 0.0122. The molecule has 8 heteroatoms. The molecule has 0 bridgehead atoms. The first kappa shape index (κ1) is 24.3. The Morgan fingerprint density at radius 2 is 1.71 bits per heavy atom. The molecular formula is C23H38FN3O3S. The standard InChI is InChI=1S/C23H38FN3O3S/c1-16-14-27(15-17(2)30-16)22-12-19(24)8-11-21(22)25-13-18-6-9-20(10-7-18)26-31(28,29)23(3,4)5/h8,11-12,16-18,20,25-26H,6-7,9-10,13-15H2,1-5H3/t16-,17+,18?,20?. The van der Waals surface area contributed by atoms with Gasteiger partial charge in [-0.25, -0.2) is 17.5 Å². The molecule has 0 amide bonds. The van der Waals surface area contributed by atoms with Crippen LogP contribution in [0.3, 0.4) is 0 Å². The maximum atomic E-state index is 14.0. The highest BCUT2D eigenvalue weighted by Crippen LogP contribution is 2.32. The molecule has 1 saturated carbocycles. The Labute approximate surface area is 187 Å². The highest BCUT2D eigenvalue weighted by Gasteiger charge is 2.33. The molecule has 1 aromatic carbocycles. The lowest BCUT2D eigenvalue weighted by Gasteiger charge is -2.38. The SMILES string of the molecule is C[C@@H]1CN(c2cc(F)ccc2NCC2CCC(NS(=O)(=O)C(C)(C)C)CC2)C[C@H](C)O1. The predicted molar refractivity (Wildman–Crippen MR) is 125 cm³/mol. The number of hydrogen-bond acceptors (Lipinski definition) is 5. The molecule has 2 atom stereocenters. The summed E-state index contributed by atoms with van der Waals surface area (Å²) in [7, 11) is -3.32. The number of morpholine rings is 1. The number of sulfonamides is 1. The lowest BCUT2D eigenvalue weighted by atomic mass is 9.86. The van der Waals surface area contributed by atoms with E-state index in [0.29, 0.717) is 5.92 Å². The molecule has 1 aliphatic heterocycles. The predicted octanol–water partition coefficient (Wildman–Crippen LogP) is 4.13. The zero-order chi connectivity index (χ0) is 22.8. The zero-order valence-electron chi connectivity index (χ0n) is 19.4. The second-order valence-corrected chi connectivity index (χ2v) is 12.6. The van der Waals surface area contributed by atoms with Gasteiger partial charge in [0.2, 0.25) is 10.0 Å². The van der Waals surface area contributed by atoms with Crippen LogP contribution < -0.4 is 14.9 Å². The molecule has 31 heavy (non-hydrogen) atoms. The van der Waals surface area contributed by atoms with E-state index in [2.05, 4.69) is 14.9 Å². The summed E-state index contributed by atoms with van der Waals surface area (Å²) >= 11 is 0. The lowest BCUT2D eigenvalue weighted by molar-refractivity contribution is -0.00519. The second-order valence-electron chi connectivity index (χ2n) is 10.2. The Balaban J connectivity index is 1.57. The van der Waals surface area contributed by atoms with E-state index in [4.69, 9.17) is 4.74 Å². The van der Waals surface area contributed by atoms with Gasteiger partial charge in [0.1, 0.15) is 5.82 Å². The molecule has 1 heterocycles. The van der Waals surface area contributed by atoms with E-state index < -0.39 is 14.8 Å². The largest absolute Gasteiger partial charge is 0.383 e. The maximum absolute atomic E-state index is 14.0. The van der Waals surface area contributed by atoms with Crippen molar-refractivity contribution in [2.24, 2.45) is 5.92 Å². The highest BCUT2D eigenvalue weighted by atomic mass is 32.2. The van der Waals surface area contributed by atoms with Gasteiger partial charge in [-0.05, 0) is 84.4 Å². The monoisotopic (exact) mass is 455 g/mol. The summed E-state index contributed by atoms with van der Waals surface area (Å²) in [6, 6.07) is 4.93. The van der Waals surface area contributed by atoms with Gasteiger partial charge in [-0.15, -0.1) is 0 Å². The first-order valence-electron chi connectivity index (χ1n) is 11.4. The average Bonchev–Trinajstić information content (AvgIpc) is 2.66. The summed E-state index contributed by atoms with van der Waals surface area (Å²) in [5.41, 5.74) is 1.83. The van der Waals surface area contributed by atoms with E-state index in [9.17, 15) is 12.8 Å². The molecule has 1 aromatic rings. The molecule has 1 saturated heterocycles. The third-order valence-electron chi connectivity index (χ3n) is 6.28. The number of ether oxygens (including phenoxy) is 1. The van der Waals surface area contributed by atoms with Crippen molar-refractivity contribution in [1.82, 2.24) is 4.72 Å². The Kier molecular flexibility index (Phi) is 7.54. The Morgan fingerprint density at radius 3 is 2.29 bits per heavy atom. The van der Waals surface area contributed by atoms with Crippen molar-refractivity contribution in [1.29, 1.82) is 0 Å². The van der Waals surface area contributed by atoms with Gasteiger partial charge in [0.15, 0.2) is 0 Å². The molecule has 2 N–H and O–H groups in total. The molecule has 3 rings (SSSR count). The fourth-order valence-corrected chi connectivity index (χ4v) is 5.45. The van der Waals surface area contributed by atoms with E-state index in [-0.39, 0.29) is 24.1 Å². The van der Waals surface area contributed by atoms with Crippen LogP contribution in [0.1, 0.15) is 60.3 Å². The minimum Gasteiger partial charge on any atom is -0.383 e. The van der Waals surface area contributed by atoms with Crippen molar-refractivity contribution < 1.29 is 17.5 Å². The maximum Gasteiger partial charge on any atom is 0.216 e. The van der Waals surface area contributed by atoms with Crippen LogP contribution in [0.2, 0.25) is 0 Å². The van der Waals surface area contributed by atoms with Crippen LogP contribution in [0.15, 0.2) is 18.2 Å². The van der Waals surface area contributed by atoms with Gasteiger partial charge in [-0.1, -0.05) is 0 Å². The van der Waals surface area contributed by atoms with Crippen molar-refractivity contribution >= 4 is 21.4 Å². The van der Waals surface area contributed by atoms with Crippen molar-refractivity contribution in [2.45, 2.75) is 83.3 Å². The fourth-order valence-electron chi connectivity index (χ4n) is 4.43. The first-order chi connectivity index (χ1) is 14.4. The fraction of sp³-hybridized carbons (Fsp3) is 0.739. The number of anilines is 2. The van der Waals surface area contributed by atoms with Crippen molar-refractivity contribution in [3.8, 4) is 0 Å². The van der Waals surface area contributed by atoms with E-state index in [0.717, 1.165) is 56.7 Å². The Hall–Kier alpha value is -1.38. The number of halogens is 1. The van der Waals surface area contributed by atoms with Crippen LogP contribution in [0, 0.1) is 11.7 Å². The molecule has 1 aliphatic carbocycles. The van der Waals surface area contributed by atoms with E-state index in [1.807, 2.05) is 19.9 Å². The number of rotatable bonds is 6. The molecule has 0 unspecified atom stereocenters. The topological polar surface area (TPSA) is 70.7 Å². The average molecular weight is 456 g/mol. The summed E-state index contributed by atoms with van der Waals surface area (Å²) in [5, 5.41) is 3.54. The minimum atomic E-state index is -3.32. The molecular weight excluding hydrogens is 417 g/mol. The quantitative estimate of drug-likeness (QED) is 0.675. The van der Waals surface area contributed by atoms with Gasteiger partial charge in [0, 0.05) is 25.7 Å². The van der Waals surface area contributed by atoms with Crippen LogP contribution in [0.5, 0.6) is 0 Å². The summed E-state index contributed by atoms with van der Waals surface area (Å²) < 4.78 is 46.7. The van der Waals surface area contributed by atoms with Gasteiger partial charge < -0.3 is 15.0 Å². The van der Waals surface area contributed by atoms with Crippen LogP contribution in [0.25, 0.3) is 0 Å². The van der Waals surface area contributed by atoms with Crippen LogP contribution in [-0.4, -0.2) is 51.0 Å². The molecule has 0 radical (unpaired) electrons. The normalized spacial score (nSPS) is 27.9. The molecule has 6 nitrogen and oxygen atoms in total. The smallest absolute Gasteiger partial charge is 0.216 e. The number of hydrogen-bond donors (Lipinski definition) is 2. The van der Waals surface area contributed by atoms with E-state index in [1.54, 1.807) is 26.8 Å². The van der Waals surface area contributed by atoms with Crippen LogP contribution in [-0.2, 0) is 14.8 Å². The number of nitrogens with zero attached hydrogens (tertiary/aromatic N) is 1. The van der Waals surface area contributed by atoms with E-state index in [1.165, 1.54) is 6.07 Å². The Bertz CT molecular complexity index is 838. The summed E-state index contributed by atoms with van der Waals surface area (Å²) in [4.78, 5) is 2.20. The van der Waals surface area contributed by atoms with Crippen LogP contribution >= 0.6 is 0 Å². The molecule has 2 aliphatic rings. The van der Waals surface area contributed by atoms with Crippen molar-refractivity contribution in [2.75, 3.05) is 29.9 Å². The zero-order valence-corrected chi connectivity index (χ0v) is 20.3. The number of benzene rings is 1. The van der Waals surface area contributed by atoms with Crippen molar-refractivity contribution in [3.05, 3.63) is 24.0 Å². The van der Waals surface area contributed by atoms with Crippen molar-refractivity contribution in [3.63, 3.8) is 0 Å². The second kappa shape index (κ2) is 9.63. The van der Waals surface area contributed by atoms with Gasteiger partial charge in [0.05, 0.1) is 28.3 Å². The molecule has 0 aromatic heterocycles. The van der Waals surface area contributed by atoms with Gasteiger partial charge >= 0.3 is 0 Å². The van der Waals surface area contributed by atoms with E-state index >= 15 is 0 Å². The van der Waals surface area contributed by atoms with Crippen LogP contribution in [0.4, 0.5) is 15.8 Å². The Morgan fingerprint density at radius 1 is 1.10 bits per heavy atom. The highest BCUT2D eigenvalue weighted by molar-refractivity contribution is 7.90. The third-order valence-corrected chi connectivity index (χ3v) is 8.53. The first-order valence-corrected chi connectivity index (χ1v) is 12.9.